The quantitative estimate of drug-likeness (QED) is 0.636. The summed E-state index contributed by atoms with van der Waals surface area (Å²) in [4.78, 5) is 0. The van der Waals surface area contributed by atoms with E-state index in [4.69, 9.17) is 50.7 Å². The summed E-state index contributed by atoms with van der Waals surface area (Å²) in [7, 11) is 0. The maximum absolute atomic E-state index is 7.33. The smallest absolute Gasteiger partial charge is 0.147 e. The summed E-state index contributed by atoms with van der Waals surface area (Å²) in [5.41, 5.74) is 5.90. The molecule has 2 aromatic rings. The Labute approximate surface area is 125 Å². The molecule has 0 aromatic heterocycles. The monoisotopic (exact) mass is 314 g/mol. The van der Waals surface area contributed by atoms with Gasteiger partial charge in [-0.2, -0.15) is 0 Å². The molecule has 0 aliphatic carbocycles. The van der Waals surface area contributed by atoms with Crippen LogP contribution in [0.5, 0.6) is 11.5 Å². The topological polar surface area (TPSA) is 59.1 Å². The average molecular weight is 316 g/mol. The van der Waals surface area contributed by atoms with Crippen LogP contribution in [0.3, 0.4) is 0 Å². The Morgan fingerprint density at radius 3 is 2.37 bits per heavy atom. The number of nitrogens with two attached hydrogens (primary N) is 1. The summed E-state index contributed by atoms with van der Waals surface area (Å²) in [5, 5.41) is 8.38. The highest BCUT2D eigenvalue weighted by Gasteiger charge is 2.10. The fraction of sp³-hybridized carbons (Fsp3) is 0. The van der Waals surface area contributed by atoms with Crippen molar-refractivity contribution >= 4 is 40.6 Å². The van der Waals surface area contributed by atoms with Crippen molar-refractivity contribution in [1.82, 2.24) is 0 Å². The van der Waals surface area contributed by atoms with Crippen LogP contribution in [0.1, 0.15) is 5.56 Å². The predicted molar refractivity (Wildman–Crippen MR) is 79.0 cm³/mol. The van der Waals surface area contributed by atoms with Crippen LogP contribution in [0.15, 0.2) is 36.4 Å². The summed E-state index contributed by atoms with van der Waals surface area (Å²) >= 11 is 18.0. The van der Waals surface area contributed by atoms with E-state index in [0.717, 1.165) is 0 Å². The molecule has 2 aromatic carbocycles. The van der Waals surface area contributed by atoms with E-state index in [1.54, 1.807) is 36.4 Å². The summed E-state index contributed by atoms with van der Waals surface area (Å²) in [6, 6.07) is 9.89. The molecule has 3 N–H and O–H groups in total. The molecule has 0 aliphatic heterocycles. The number of halogens is 3. The molecule has 98 valence electrons. The lowest BCUT2D eigenvalue weighted by Gasteiger charge is -2.10. The highest BCUT2D eigenvalue weighted by molar-refractivity contribution is 6.43. The first kappa shape index (κ1) is 14.0. The lowest BCUT2D eigenvalue weighted by atomic mass is 10.2. The molecule has 0 atom stereocenters. The lowest BCUT2D eigenvalue weighted by molar-refractivity contribution is 0.483. The van der Waals surface area contributed by atoms with Gasteiger partial charge in [-0.15, -0.1) is 0 Å². The number of ether oxygens (including phenoxy) is 1. The molecule has 0 bridgehead atoms. The SMILES string of the molecule is N=C(N)c1ccc(Oc2cccc(Cl)c2Cl)c(Cl)c1. The summed E-state index contributed by atoms with van der Waals surface area (Å²) < 4.78 is 5.60. The molecule has 0 fully saturated rings. The number of nitrogens with one attached hydrogen (secondary N) is 1. The Morgan fingerprint density at radius 1 is 1.00 bits per heavy atom. The van der Waals surface area contributed by atoms with Gasteiger partial charge in [0.05, 0.1) is 10.0 Å². The Morgan fingerprint density at radius 2 is 1.74 bits per heavy atom. The van der Waals surface area contributed by atoms with E-state index < -0.39 is 0 Å². The number of rotatable bonds is 3. The van der Waals surface area contributed by atoms with Gasteiger partial charge in [0.25, 0.3) is 0 Å². The number of benzene rings is 2. The Kier molecular flexibility index (Phi) is 4.20. The van der Waals surface area contributed by atoms with Gasteiger partial charge in [-0.3, -0.25) is 5.41 Å². The molecular formula is C13H9Cl3N2O. The Hall–Kier alpha value is -1.42. The molecule has 19 heavy (non-hydrogen) atoms. The van der Waals surface area contributed by atoms with E-state index in [2.05, 4.69) is 0 Å². The molecule has 0 amide bonds. The van der Waals surface area contributed by atoms with Crippen molar-refractivity contribution in [2.75, 3.05) is 0 Å². The minimum Gasteiger partial charge on any atom is -0.454 e. The zero-order chi connectivity index (χ0) is 14.0. The average Bonchev–Trinajstić information content (AvgIpc) is 2.37. The summed E-state index contributed by atoms with van der Waals surface area (Å²) in [6.45, 7) is 0. The summed E-state index contributed by atoms with van der Waals surface area (Å²) in [6.07, 6.45) is 0. The molecule has 0 heterocycles. The first-order chi connectivity index (χ1) is 8.99. The molecule has 0 saturated carbocycles. The van der Waals surface area contributed by atoms with Gasteiger partial charge in [-0.1, -0.05) is 40.9 Å². The van der Waals surface area contributed by atoms with Crippen molar-refractivity contribution in [3.8, 4) is 11.5 Å². The van der Waals surface area contributed by atoms with Crippen molar-refractivity contribution in [2.45, 2.75) is 0 Å². The maximum atomic E-state index is 7.33. The van der Waals surface area contributed by atoms with Gasteiger partial charge in [-0.25, -0.2) is 0 Å². The van der Waals surface area contributed by atoms with Gasteiger partial charge in [0.2, 0.25) is 0 Å². The van der Waals surface area contributed by atoms with Gasteiger partial charge in [0.15, 0.2) is 0 Å². The van der Waals surface area contributed by atoms with E-state index in [1.807, 2.05) is 0 Å². The van der Waals surface area contributed by atoms with Crippen molar-refractivity contribution in [3.63, 3.8) is 0 Å². The van der Waals surface area contributed by atoms with Crippen molar-refractivity contribution in [2.24, 2.45) is 5.73 Å². The van der Waals surface area contributed by atoms with E-state index >= 15 is 0 Å². The fourth-order valence-electron chi connectivity index (χ4n) is 1.43. The molecule has 3 nitrogen and oxygen atoms in total. The van der Waals surface area contributed by atoms with Gasteiger partial charge >= 0.3 is 0 Å². The van der Waals surface area contributed by atoms with E-state index in [0.29, 0.717) is 32.1 Å². The zero-order valence-corrected chi connectivity index (χ0v) is 11.9. The van der Waals surface area contributed by atoms with Crippen molar-refractivity contribution < 1.29 is 4.74 Å². The number of hydrogen-bond acceptors (Lipinski definition) is 2. The number of hydrogen-bond donors (Lipinski definition) is 2. The molecule has 0 unspecified atom stereocenters. The minimum atomic E-state index is -0.0609. The molecule has 6 heteroatoms. The predicted octanol–water partition coefficient (Wildman–Crippen LogP) is 4.72. The molecular weight excluding hydrogens is 307 g/mol. The van der Waals surface area contributed by atoms with Crippen LogP contribution in [-0.4, -0.2) is 5.84 Å². The fourth-order valence-corrected chi connectivity index (χ4v) is 1.98. The first-order valence-electron chi connectivity index (χ1n) is 5.25. The summed E-state index contributed by atoms with van der Waals surface area (Å²) in [5.74, 6) is 0.761. The Balaban J connectivity index is 2.34. The Bertz CT molecular complexity index is 644. The normalized spacial score (nSPS) is 10.3. The van der Waals surface area contributed by atoms with Crippen LogP contribution >= 0.6 is 34.8 Å². The van der Waals surface area contributed by atoms with Crippen LogP contribution in [0, 0.1) is 5.41 Å². The second-order valence-corrected chi connectivity index (χ2v) is 4.91. The lowest BCUT2D eigenvalue weighted by Crippen LogP contribution is -2.10. The third-order valence-corrected chi connectivity index (χ3v) is 3.48. The second kappa shape index (κ2) is 5.70. The molecule has 0 spiro atoms. The van der Waals surface area contributed by atoms with Gasteiger partial charge < -0.3 is 10.5 Å². The van der Waals surface area contributed by atoms with Crippen molar-refractivity contribution in [3.05, 3.63) is 57.0 Å². The highest BCUT2D eigenvalue weighted by atomic mass is 35.5. The third kappa shape index (κ3) is 3.13. The minimum absolute atomic E-state index is 0.0609. The highest BCUT2D eigenvalue weighted by Crippen LogP contribution is 2.37. The zero-order valence-electron chi connectivity index (χ0n) is 9.58. The number of amidine groups is 1. The van der Waals surface area contributed by atoms with E-state index in [9.17, 15) is 0 Å². The molecule has 2 rings (SSSR count). The van der Waals surface area contributed by atoms with Gasteiger partial charge in [-0.05, 0) is 30.3 Å². The van der Waals surface area contributed by atoms with Crippen LogP contribution in [-0.2, 0) is 0 Å². The first-order valence-corrected chi connectivity index (χ1v) is 6.38. The van der Waals surface area contributed by atoms with Gasteiger partial charge in [0.1, 0.15) is 22.4 Å². The standard InChI is InChI=1S/C13H9Cl3N2O/c14-8-2-1-3-11(12(8)16)19-10-5-4-7(13(17)18)6-9(10)15/h1-6H,(H3,17,18). The van der Waals surface area contributed by atoms with Crippen LogP contribution in [0.25, 0.3) is 0 Å². The second-order valence-electron chi connectivity index (χ2n) is 3.71. The van der Waals surface area contributed by atoms with Crippen LogP contribution in [0.4, 0.5) is 0 Å². The van der Waals surface area contributed by atoms with Crippen LogP contribution in [0.2, 0.25) is 15.1 Å². The molecule has 0 aliphatic rings. The van der Waals surface area contributed by atoms with Crippen LogP contribution < -0.4 is 10.5 Å². The molecule has 0 saturated heterocycles. The van der Waals surface area contributed by atoms with Gasteiger partial charge in [0, 0.05) is 5.56 Å². The largest absolute Gasteiger partial charge is 0.454 e. The van der Waals surface area contributed by atoms with Crippen molar-refractivity contribution in [1.29, 1.82) is 5.41 Å². The third-order valence-electron chi connectivity index (χ3n) is 2.38. The van der Waals surface area contributed by atoms with E-state index in [1.165, 1.54) is 0 Å². The number of nitrogen functional groups attached to an aromatic ring is 1. The van der Waals surface area contributed by atoms with E-state index in [-0.39, 0.29) is 5.84 Å². The molecule has 0 radical (unpaired) electrons. The maximum Gasteiger partial charge on any atom is 0.147 e.